The summed E-state index contributed by atoms with van der Waals surface area (Å²) in [4.78, 5) is 9.56. The number of methoxy groups -OCH3 is 2. The molecule has 0 N–H and O–H groups in total. The lowest BCUT2D eigenvalue weighted by atomic mass is 10.1. The van der Waals surface area contributed by atoms with E-state index in [4.69, 9.17) is 9.47 Å². The minimum Gasteiger partial charge on any atom is -0.497 e. The third-order valence-electron chi connectivity index (χ3n) is 5.73. The highest BCUT2D eigenvalue weighted by Gasteiger charge is 2.27. The Hall–Kier alpha value is -2.05. The van der Waals surface area contributed by atoms with Crippen LogP contribution in [-0.2, 0) is 13.1 Å². The van der Waals surface area contributed by atoms with E-state index in [2.05, 4.69) is 31.5 Å². The number of piperidine rings is 1. The molecule has 6 heteroatoms. The summed E-state index contributed by atoms with van der Waals surface area (Å²) >= 11 is 0. The molecule has 2 aliphatic heterocycles. The zero-order valence-corrected chi connectivity index (χ0v) is 16.4. The van der Waals surface area contributed by atoms with Crippen molar-refractivity contribution < 1.29 is 9.47 Å². The van der Waals surface area contributed by atoms with Crippen molar-refractivity contribution in [1.82, 2.24) is 19.4 Å². The largest absolute Gasteiger partial charge is 0.497 e. The number of rotatable bonds is 6. The van der Waals surface area contributed by atoms with Crippen LogP contribution in [0.15, 0.2) is 30.7 Å². The van der Waals surface area contributed by atoms with Crippen molar-refractivity contribution in [2.75, 3.05) is 40.4 Å². The quantitative estimate of drug-likeness (QED) is 0.782. The minimum absolute atomic E-state index is 0.460. The highest BCUT2D eigenvalue weighted by atomic mass is 16.5. The number of fused-ring (bicyclic) bond motifs is 1. The van der Waals surface area contributed by atoms with Crippen LogP contribution >= 0.6 is 0 Å². The molecule has 1 saturated heterocycles. The Labute approximate surface area is 161 Å². The zero-order valence-electron chi connectivity index (χ0n) is 16.4. The Morgan fingerprint density at radius 3 is 2.44 bits per heavy atom. The van der Waals surface area contributed by atoms with E-state index in [1.807, 2.05) is 18.6 Å². The lowest BCUT2D eigenvalue weighted by Gasteiger charge is -2.38. The number of likely N-dealkylation sites (tertiary alicyclic amines) is 1. The fourth-order valence-corrected chi connectivity index (χ4v) is 4.38. The summed E-state index contributed by atoms with van der Waals surface area (Å²) in [6.07, 6.45) is 8.06. The topological polar surface area (TPSA) is 42.8 Å². The van der Waals surface area contributed by atoms with Crippen molar-refractivity contribution in [3.8, 4) is 11.5 Å². The van der Waals surface area contributed by atoms with Crippen molar-refractivity contribution in [1.29, 1.82) is 0 Å². The van der Waals surface area contributed by atoms with Crippen molar-refractivity contribution in [3.63, 3.8) is 0 Å². The van der Waals surface area contributed by atoms with Gasteiger partial charge in [0.1, 0.15) is 11.5 Å². The summed E-state index contributed by atoms with van der Waals surface area (Å²) in [6.45, 7) is 6.42. The van der Waals surface area contributed by atoms with Gasteiger partial charge in [-0.2, -0.15) is 0 Å². The molecule has 0 amide bonds. The van der Waals surface area contributed by atoms with Gasteiger partial charge in [0.05, 0.1) is 32.3 Å². The van der Waals surface area contributed by atoms with Crippen LogP contribution in [0.2, 0.25) is 0 Å². The predicted octanol–water partition coefficient (Wildman–Crippen LogP) is 2.94. The molecule has 0 saturated carbocycles. The first-order valence-electron chi connectivity index (χ1n) is 9.92. The van der Waals surface area contributed by atoms with Crippen molar-refractivity contribution in [3.05, 3.63) is 42.0 Å². The zero-order chi connectivity index (χ0) is 18.6. The molecule has 0 aliphatic carbocycles. The van der Waals surface area contributed by atoms with Gasteiger partial charge in [-0.15, -0.1) is 0 Å². The third-order valence-corrected chi connectivity index (χ3v) is 5.73. The van der Waals surface area contributed by atoms with Gasteiger partial charge in [0.25, 0.3) is 0 Å². The summed E-state index contributed by atoms with van der Waals surface area (Å²) in [5, 5.41) is 0. The van der Waals surface area contributed by atoms with E-state index in [0.717, 1.165) is 37.7 Å². The van der Waals surface area contributed by atoms with Crippen molar-refractivity contribution in [2.24, 2.45) is 0 Å². The first kappa shape index (κ1) is 18.3. The Morgan fingerprint density at radius 2 is 1.74 bits per heavy atom. The van der Waals surface area contributed by atoms with E-state index in [-0.39, 0.29) is 0 Å². The van der Waals surface area contributed by atoms with E-state index in [0.29, 0.717) is 6.04 Å². The van der Waals surface area contributed by atoms with E-state index in [1.165, 1.54) is 43.6 Å². The maximum absolute atomic E-state index is 5.43. The third kappa shape index (κ3) is 4.28. The number of hydrogen-bond donors (Lipinski definition) is 0. The number of imidazole rings is 1. The average molecular weight is 370 g/mol. The van der Waals surface area contributed by atoms with Gasteiger partial charge in [-0.05, 0) is 43.6 Å². The van der Waals surface area contributed by atoms with E-state index in [9.17, 15) is 0 Å². The van der Waals surface area contributed by atoms with Gasteiger partial charge in [0.2, 0.25) is 0 Å². The molecular formula is C21H30N4O2. The Kier molecular flexibility index (Phi) is 5.64. The Balaban J connectivity index is 1.49. The van der Waals surface area contributed by atoms with Crippen molar-refractivity contribution in [2.45, 2.75) is 38.4 Å². The molecule has 1 aromatic carbocycles. The fraction of sp³-hybridized carbons (Fsp3) is 0.571. The van der Waals surface area contributed by atoms with Crippen LogP contribution in [0.4, 0.5) is 0 Å². The molecule has 146 valence electrons. The summed E-state index contributed by atoms with van der Waals surface area (Å²) in [5.74, 6) is 1.69. The summed E-state index contributed by atoms with van der Waals surface area (Å²) in [7, 11) is 3.40. The Bertz CT molecular complexity index is 732. The molecule has 1 fully saturated rings. The smallest absolute Gasteiger partial charge is 0.122 e. The van der Waals surface area contributed by atoms with Gasteiger partial charge in [-0.1, -0.05) is 6.42 Å². The van der Waals surface area contributed by atoms with Gasteiger partial charge < -0.3 is 18.9 Å². The van der Waals surface area contributed by atoms with Gasteiger partial charge in [-0.3, -0.25) is 4.90 Å². The molecule has 1 aromatic heterocycles. The highest BCUT2D eigenvalue weighted by molar-refractivity contribution is 5.38. The van der Waals surface area contributed by atoms with Crippen LogP contribution in [0.5, 0.6) is 11.5 Å². The second kappa shape index (κ2) is 8.31. The maximum Gasteiger partial charge on any atom is 0.122 e. The monoisotopic (exact) mass is 370 g/mol. The molecule has 0 bridgehead atoms. The summed E-state index contributed by atoms with van der Waals surface area (Å²) < 4.78 is 13.3. The van der Waals surface area contributed by atoms with Gasteiger partial charge >= 0.3 is 0 Å². The van der Waals surface area contributed by atoms with Crippen LogP contribution < -0.4 is 9.47 Å². The van der Waals surface area contributed by atoms with Crippen LogP contribution in [0.3, 0.4) is 0 Å². The van der Waals surface area contributed by atoms with Gasteiger partial charge in [-0.25, -0.2) is 4.98 Å². The molecule has 6 nitrogen and oxygen atoms in total. The lowest BCUT2D eigenvalue weighted by Crippen LogP contribution is -2.43. The Morgan fingerprint density at radius 1 is 1.00 bits per heavy atom. The molecule has 27 heavy (non-hydrogen) atoms. The van der Waals surface area contributed by atoms with E-state index >= 15 is 0 Å². The predicted molar refractivity (Wildman–Crippen MR) is 105 cm³/mol. The van der Waals surface area contributed by atoms with Crippen LogP contribution in [-0.4, -0.2) is 59.7 Å². The summed E-state index contributed by atoms with van der Waals surface area (Å²) in [6, 6.07) is 6.60. The van der Waals surface area contributed by atoms with Crippen LogP contribution in [0.1, 0.15) is 36.6 Å². The van der Waals surface area contributed by atoms with Gasteiger partial charge in [0.15, 0.2) is 0 Å². The maximum atomic E-state index is 5.43. The number of aromatic nitrogens is 2. The molecular weight excluding hydrogens is 340 g/mol. The molecule has 1 atom stereocenters. The minimum atomic E-state index is 0.460. The average Bonchev–Trinajstić information content (AvgIpc) is 3.17. The molecule has 2 aromatic rings. The normalized spacial score (nSPS) is 21.0. The highest BCUT2D eigenvalue weighted by Crippen LogP contribution is 2.27. The first-order valence-corrected chi connectivity index (χ1v) is 9.92. The molecule has 4 rings (SSSR count). The van der Waals surface area contributed by atoms with Crippen LogP contribution in [0.25, 0.3) is 0 Å². The SMILES string of the molecule is COc1cc(CN2Cc3cncn3C(CN3CCCCC3)C2)cc(OC)c1. The number of hydrogen-bond acceptors (Lipinski definition) is 5. The molecule has 0 radical (unpaired) electrons. The molecule has 0 spiro atoms. The van der Waals surface area contributed by atoms with Gasteiger partial charge in [0, 0.05) is 38.4 Å². The second-order valence-corrected chi connectivity index (χ2v) is 7.70. The standard InChI is InChI=1S/C21H30N4O2/c1-26-20-8-17(9-21(10-20)27-2)12-24-13-18-11-22-16-25(18)19(15-24)14-23-6-4-3-5-7-23/h8-11,16,19H,3-7,12-15H2,1-2H3. The second-order valence-electron chi connectivity index (χ2n) is 7.70. The molecule has 1 unspecified atom stereocenters. The number of nitrogens with zero attached hydrogens (tertiary/aromatic N) is 4. The number of ether oxygens (including phenoxy) is 2. The van der Waals surface area contributed by atoms with E-state index < -0.39 is 0 Å². The van der Waals surface area contributed by atoms with Crippen LogP contribution in [0, 0.1) is 0 Å². The summed E-state index contributed by atoms with van der Waals surface area (Å²) in [5.41, 5.74) is 2.52. The lowest BCUT2D eigenvalue weighted by molar-refractivity contribution is 0.128. The first-order chi connectivity index (χ1) is 13.2. The fourth-order valence-electron chi connectivity index (χ4n) is 4.38. The molecule has 2 aliphatic rings. The van der Waals surface area contributed by atoms with Crippen molar-refractivity contribution >= 4 is 0 Å². The number of benzene rings is 1. The van der Waals surface area contributed by atoms with E-state index in [1.54, 1.807) is 14.2 Å². The molecule has 3 heterocycles.